The van der Waals surface area contributed by atoms with E-state index in [1.165, 1.54) is 0 Å². The third kappa shape index (κ3) is 4.37. The van der Waals surface area contributed by atoms with Gasteiger partial charge in [0.05, 0.1) is 23.8 Å². The number of rotatable bonds is 7. The van der Waals surface area contributed by atoms with Crippen molar-refractivity contribution in [1.82, 2.24) is 10.7 Å². The predicted octanol–water partition coefficient (Wildman–Crippen LogP) is 1.05. The number of hydrogen-bond donors (Lipinski definition) is 2. The molecule has 156 valence electrons. The third-order valence-electron chi connectivity index (χ3n) is 4.65. The number of nitro groups is 1. The summed E-state index contributed by atoms with van der Waals surface area (Å²) in [6, 6.07) is 11.2. The van der Waals surface area contributed by atoms with Crippen LogP contribution in [0.1, 0.15) is 24.0 Å². The monoisotopic (exact) mass is 411 g/mol. The highest BCUT2D eigenvalue weighted by molar-refractivity contribution is 6.03. The molecule has 0 aromatic heterocycles. The molecule has 1 heterocycles. The van der Waals surface area contributed by atoms with E-state index in [9.17, 15) is 24.8 Å². The Morgan fingerprint density at radius 1 is 1.37 bits per heavy atom. The summed E-state index contributed by atoms with van der Waals surface area (Å²) in [5, 5.41) is 29.8. The maximum Gasteiger partial charge on any atom is 0.273 e. The SMILES string of the molecule is CCOc1cc([N+](=O)[O-])cc(/C=N/NC(=O)[C@@H]2C(=O)NC[C@@H]2c2ccccc2)c1[O-]. The Labute approximate surface area is 171 Å². The highest BCUT2D eigenvalue weighted by Crippen LogP contribution is 2.32. The standard InChI is InChI=1S/C20H20N4O6/c1-2-30-16-9-14(24(28)29)8-13(18(16)25)10-22-23-20(27)17-15(11-21-19(17)26)12-6-4-3-5-7-12/h3-10,15,17,25H,2,11H2,1H3,(H,21,26)(H,23,27)/p-1/b22-10+/t15-,17+/m1/s1. The number of nitro benzene ring substituents is 1. The van der Waals surface area contributed by atoms with Crippen molar-refractivity contribution in [1.29, 1.82) is 0 Å². The Kier molecular flexibility index (Phi) is 6.26. The lowest BCUT2D eigenvalue weighted by Gasteiger charge is -2.17. The number of ether oxygens (including phenoxy) is 1. The molecule has 2 N–H and O–H groups in total. The van der Waals surface area contributed by atoms with Gasteiger partial charge in [0.2, 0.25) is 5.91 Å². The number of carbonyl (C=O) groups is 2. The molecule has 3 rings (SSSR count). The smallest absolute Gasteiger partial charge is 0.273 e. The van der Waals surface area contributed by atoms with Crippen LogP contribution >= 0.6 is 0 Å². The molecule has 2 aromatic rings. The zero-order chi connectivity index (χ0) is 21.7. The van der Waals surface area contributed by atoms with E-state index in [-0.39, 0.29) is 29.5 Å². The molecular weight excluding hydrogens is 392 g/mol. The first-order valence-corrected chi connectivity index (χ1v) is 9.20. The molecule has 1 saturated heterocycles. The van der Waals surface area contributed by atoms with Crippen LogP contribution in [-0.4, -0.2) is 36.1 Å². The first-order valence-electron chi connectivity index (χ1n) is 9.20. The molecule has 0 unspecified atom stereocenters. The molecule has 10 nitrogen and oxygen atoms in total. The van der Waals surface area contributed by atoms with E-state index < -0.39 is 28.4 Å². The van der Waals surface area contributed by atoms with Crippen molar-refractivity contribution in [2.24, 2.45) is 11.0 Å². The van der Waals surface area contributed by atoms with Gasteiger partial charge >= 0.3 is 0 Å². The van der Waals surface area contributed by atoms with Crippen LogP contribution < -0.4 is 20.6 Å². The van der Waals surface area contributed by atoms with Crippen molar-refractivity contribution < 1.29 is 24.4 Å². The van der Waals surface area contributed by atoms with Gasteiger partial charge in [0.25, 0.3) is 11.6 Å². The second-order valence-electron chi connectivity index (χ2n) is 6.53. The first kappa shape index (κ1) is 20.8. The number of non-ortho nitro benzene ring substituents is 1. The van der Waals surface area contributed by atoms with Crippen molar-refractivity contribution in [3.63, 3.8) is 0 Å². The third-order valence-corrected chi connectivity index (χ3v) is 4.65. The number of carbonyl (C=O) groups excluding carboxylic acids is 2. The van der Waals surface area contributed by atoms with Crippen LogP contribution in [0, 0.1) is 16.0 Å². The molecule has 2 atom stereocenters. The van der Waals surface area contributed by atoms with Gasteiger partial charge in [0.1, 0.15) is 11.7 Å². The zero-order valence-electron chi connectivity index (χ0n) is 16.0. The average Bonchev–Trinajstić information content (AvgIpc) is 3.12. The summed E-state index contributed by atoms with van der Waals surface area (Å²) in [4.78, 5) is 35.1. The van der Waals surface area contributed by atoms with Crippen LogP contribution in [0.25, 0.3) is 0 Å². The van der Waals surface area contributed by atoms with Crippen molar-refractivity contribution in [2.75, 3.05) is 13.2 Å². The largest absolute Gasteiger partial charge is 0.870 e. The molecule has 0 spiro atoms. The molecular formula is C20H19N4O6-. The summed E-state index contributed by atoms with van der Waals surface area (Å²) in [7, 11) is 0. The Balaban J connectivity index is 1.78. The second-order valence-corrected chi connectivity index (χ2v) is 6.53. The van der Waals surface area contributed by atoms with Crippen LogP contribution in [0.5, 0.6) is 11.5 Å². The normalized spacial score (nSPS) is 18.2. The molecule has 1 aliphatic rings. The molecule has 1 fully saturated rings. The summed E-state index contributed by atoms with van der Waals surface area (Å²) in [6.07, 6.45) is 1.00. The highest BCUT2D eigenvalue weighted by atomic mass is 16.6. The maximum absolute atomic E-state index is 12.6. The summed E-state index contributed by atoms with van der Waals surface area (Å²) in [5.74, 6) is -3.18. The van der Waals surface area contributed by atoms with Crippen LogP contribution in [0.2, 0.25) is 0 Å². The van der Waals surface area contributed by atoms with Gasteiger partial charge in [-0.2, -0.15) is 5.10 Å². The molecule has 0 radical (unpaired) electrons. The summed E-state index contributed by atoms with van der Waals surface area (Å²) >= 11 is 0. The maximum atomic E-state index is 12.6. The second kappa shape index (κ2) is 9.03. The van der Waals surface area contributed by atoms with Gasteiger partial charge in [0.15, 0.2) is 0 Å². The first-order chi connectivity index (χ1) is 14.4. The lowest BCUT2D eigenvalue weighted by molar-refractivity contribution is -0.385. The highest BCUT2D eigenvalue weighted by Gasteiger charge is 2.40. The summed E-state index contributed by atoms with van der Waals surface area (Å²) in [5.41, 5.74) is 2.62. The number of amides is 2. The molecule has 1 aliphatic heterocycles. The van der Waals surface area contributed by atoms with Crippen LogP contribution in [0.15, 0.2) is 47.6 Å². The predicted molar refractivity (Wildman–Crippen MR) is 105 cm³/mol. The quantitative estimate of drug-likeness (QED) is 0.301. The van der Waals surface area contributed by atoms with Crippen molar-refractivity contribution in [3.05, 3.63) is 63.7 Å². The van der Waals surface area contributed by atoms with E-state index in [1.54, 1.807) is 6.92 Å². The van der Waals surface area contributed by atoms with Gasteiger partial charge in [-0.15, -0.1) is 0 Å². The zero-order valence-corrected chi connectivity index (χ0v) is 16.0. The minimum absolute atomic E-state index is 0.122. The van der Waals surface area contributed by atoms with Crippen LogP contribution in [-0.2, 0) is 9.59 Å². The topological polar surface area (TPSA) is 146 Å². The molecule has 2 amide bonds. The van der Waals surface area contributed by atoms with E-state index in [4.69, 9.17) is 4.74 Å². The number of nitrogens with one attached hydrogen (secondary N) is 2. The lowest BCUT2D eigenvalue weighted by Crippen LogP contribution is -2.34. The van der Waals surface area contributed by atoms with E-state index in [0.717, 1.165) is 23.9 Å². The number of hydrazone groups is 1. The Bertz CT molecular complexity index is 992. The molecule has 30 heavy (non-hydrogen) atoms. The molecule has 0 saturated carbocycles. The van der Waals surface area contributed by atoms with Gasteiger partial charge in [-0.05, 0) is 18.1 Å². The van der Waals surface area contributed by atoms with Crippen molar-refractivity contribution in [3.8, 4) is 11.5 Å². The van der Waals surface area contributed by atoms with Crippen molar-refractivity contribution >= 4 is 23.7 Å². The van der Waals surface area contributed by atoms with E-state index in [0.29, 0.717) is 6.54 Å². The number of hydrogen-bond acceptors (Lipinski definition) is 7. The van der Waals surface area contributed by atoms with E-state index in [2.05, 4.69) is 15.8 Å². The molecule has 0 bridgehead atoms. The van der Waals surface area contributed by atoms with Crippen LogP contribution in [0.4, 0.5) is 5.69 Å². The minimum Gasteiger partial charge on any atom is -0.870 e. The van der Waals surface area contributed by atoms with E-state index in [1.807, 2.05) is 30.3 Å². The van der Waals surface area contributed by atoms with E-state index >= 15 is 0 Å². The number of nitrogens with zero attached hydrogens (tertiary/aromatic N) is 2. The Hall–Kier alpha value is -3.95. The fraction of sp³-hybridized carbons (Fsp3) is 0.250. The van der Waals surface area contributed by atoms with Gasteiger partial charge in [0, 0.05) is 18.5 Å². The fourth-order valence-electron chi connectivity index (χ4n) is 3.24. The van der Waals surface area contributed by atoms with Gasteiger partial charge in [-0.1, -0.05) is 36.1 Å². The Morgan fingerprint density at radius 2 is 2.10 bits per heavy atom. The lowest BCUT2D eigenvalue weighted by atomic mass is 9.88. The average molecular weight is 411 g/mol. The van der Waals surface area contributed by atoms with Gasteiger partial charge in [-0.3, -0.25) is 19.7 Å². The molecule has 10 heteroatoms. The molecule has 2 aromatic carbocycles. The summed E-state index contributed by atoms with van der Waals surface area (Å²) in [6.45, 7) is 2.11. The minimum atomic E-state index is -0.986. The summed E-state index contributed by atoms with van der Waals surface area (Å²) < 4.78 is 5.14. The van der Waals surface area contributed by atoms with Crippen molar-refractivity contribution in [2.45, 2.75) is 12.8 Å². The Morgan fingerprint density at radius 3 is 2.77 bits per heavy atom. The van der Waals surface area contributed by atoms with Gasteiger partial charge < -0.3 is 15.2 Å². The fourth-order valence-corrected chi connectivity index (χ4v) is 3.24. The van der Waals surface area contributed by atoms with Gasteiger partial charge in [-0.25, -0.2) is 5.43 Å². The molecule has 0 aliphatic carbocycles. The number of benzene rings is 2. The van der Waals surface area contributed by atoms with Crippen LogP contribution in [0.3, 0.4) is 0 Å².